The normalized spacial score (nSPS) is 14.9. The van der Waals surface area contributed by atoms with E-state index in [1.54, 1.807) is 14.2 Å². The third kappa shape index (κ3) is 5.56. The molecule has 1 aliphatic rings. The van der Waals surface area contributed by atoms with Crippen LogP contribution in [-0.4, -0.2) is 51.2 Å². The van der Waals surface area contributed by atoms with Gasteiger partial charge in [-0.05, 0) is 50.0 Å². The van der Waals surface area contributed by atoms with Gasteiger partial charge in [0.25, 0.3) is 0 Å². The minimum Gasteiger partial charge on any atom is -0.497 e. The summed E-state index contributed by atoms with van der Waals surface area (Å²) in [6.45, 7) is 5.89. The molecule has 1 amide bonds. The van der Waals surface area contributed by atoms with Gasteiger partial charge in [0.15, 0.2) is 0 Å². The van der Waals surface area contributed by atoms with E-state index in [1.807, 2.05) is 23.1 Å². The zero-order valence-electron chi connectivity index (χ0n) is 14.8. The van der Waals surface area contributed by atoms with E-state index in [0.717, 1.165) is 56.1 Å². The number of ether oxygens (including phenoxy) is 2. The smallest absolute Gasteiger partial charge is 0.227 e. The van der Waals surface area contributed by atoms with Crippen molar-refractivity contribution in [1.82, 2.24) is 10.2 Å². The van der Waals surface area contributed by atoms with E-state index in [9.17, 15) is 4.79 Å². The molecule has 0 unspecified atom stereocenters. The number of benzene rings is 1. The highest BCUT2D eigenvalue weighted by Gasteiger charge is 2.23. The molecule has 0 atom stereocenters. The quantitative estimate of drug-likeness (QED) is 0.815. The Morgan fingerprint density at radius 2 is 1.96 bits per heavy atom. The molecule has 6 heteroatoms. The summed E-state index contributed by atoms with van der Waals surface area (Å²) in [6, 6.07) is 5.58. The SMILES string of the molecule is CCNCC1CCN(C(=O)Cc2cc(OC)ccc2OC)CC1.Cl. The number of nitrogens with one attached hydrogen (secondary N) is 1. The molecule has 1 aromatic rings. The number of halogens is 1. The van der Waals surface area contributed by atoms with Gasteiger partial charge in [-0.15, -0.1) is 12.4 Å². The summed E-state index contributed by atoms with van der Waals surface area (Å²) in [4.78, 5) is 14.5. The average molecular weight is 357 g/mol. The second kappa shape index (κ2) is 10.4. The van der Waals surface area contributed by atoms with E-state index < -0.39 is 0 Å². The molecule has 0 saturated carbocycles. The topological polar surface area (TPSA) is 50.8 Å². The molecule has 0 bridgehead atoms. The van der Waals surface area contributed by atoms with Gasteiger partial charge in [0.05, 0.1) is 20.6 Å². The largest absolute Gasteiger partial charge is 0.497 e. The maximum Gasteiger partial charge on any atom is 0.227 e. The first-order chi connectivity index (χ1) is 11.2. The predicted octanol–water partition coefficient (Wildman–Crippen LogP) is 2.52. The first-order valence-electron chi connectivity index (χ1n) is 8.37. The number of carbonyl (C=O) groups excluding carboxylic acids is 1. The monoisotopic (exact) mass is 356 g/mol. The summed E-state index contributed by atoms with van der Waals surface area (Å²) in [5.41, 5.74) is 0.881. The van der Waals surface area contributed by atoms with Crippen LogP contribution in [0.5, 0.6) is 11.5 Å². The molecule has 1 N–H and O–H groups in total. The van der Waals surface area contributed by atoms with Crippen LogP contribution in [0.15, 0.2) is 18.2 Å². The lowest BCUT2D eigenvalue weighted by Gasteiger charge is -2.32. The highest BCUT2D eigenvalue weighted by molar-refractivity contribution is 5.85. The molecule has 0 aromatic heterocycles. The summed E-state index contributed by atoms with van der Waals surface area (Å²) >= 11 is 0. The van der Waals surface area contributed by atoms with Crippen LogP contribution in [0.3, 0.4) is 0 Å². The lowest BCUT2D eigenvalue weighted by Crippen LogP contribution is -2.41. The summed E-state index contributed by atoms with van der Waals surface area (Å²) in [5, 5.41) is 3.40. The van der Waals surface area contributed by atoms with Crippen LogP contribution in [0.4, 0.5) is 0 Å². The van der Waals surface area contributed by atoms with Crippen molar-refractivity contribution in [1.29, 1.82) is 0 Å². The van der Waals surface area contributed by atoms with Crippen molar-refractivity contribution in [2.24, 2.45) is 5.92 Å². The summed E-state index contributed by atoms with van der Waals surface area (Å²) < 4.78 is 10.6. The Balaban J connectivity index is 0.00000288. The van der Waals surface area contributed by atoms with Gasteiger partial charge in [-0.2, -0.15) is 0 Å². The van der Waals surface area contributed by atoms with Crippen molar-refractivity contribution in [3.63, 3.8) is 0 Å². The van der Waals surface area contributed by atoms with Gasteiger partial charge in [0.1, 0.15) is 11.5 Å². The van der Waals surface area contributed by atoms with Crippen LogP contribution in [0.1, 0.15) is 25.3 Å². The van der Waals surface area contributed by atoms with Crippen molar-refractivity contribution in [2.45, 2.75) is 26.2 Å². The fourth-order valence-electron chi connectivity index (χ4n) is 3.03. The Morgan fingerprint density at radius 3 is 2.54 bits per heavy atom. The fourth-order valence-corrected chi connectivity index (χ4v) is 3.03. The molecule has 1 heterocycles. The molecule has 5 nitrogen and oxygen atoms in total. The number of piperidine rings is 1. The minimum atomic E-state index is 0. The fraction of sp³-hybridized carbons (Fsp3) is 0.611. The van der Waals surface area contributed by atoms with Crippen LogP contribution >= 0.6 is 12.4 Å². The number of likely N-dealkylation sites (tertiary alicyclic amines) is 1. The Morgan fingerprint density at radius 1 is 1.25 bits per heavy atom. The number of methoxy groups -OCH3 is 2. The molecular weight excluding hydrogens is 328 g/mol. The van der Waals surface area contributed by atoms with Gasteiger partial charge in [-0.3, -0.25) is 4.79 Å². The maximum absolute atomic E-state index is 12.6. The average Bonchev–Trinajstić information content (AvgIpc) is 2.60. The zero-order chi connectivity index (χ0) is 16.7. The third-order valence-electron chi connectivity index (χ3n) is 4.48. The van der Waals surface area contributed by atoms with Crippen LogP contribution in [0.25, 0.3) is 0 Å². The second-order valence-corrected chi connectivity index (χ2v) is 5.99. The minimum absolute atomic E-state index is 0. The van der Waals surface area contributed by atoms with Crippen molar-refractivity contribution >= 4 is 18.3 Å². The number of rotatable bonds is 7. The Kier molecular flexibility index (Phi) is 8.93. The number of hydrogen-bond donors (Lipinski definition) is 1. The van der Waals surface area contributed by atoms with Gasteiger partial charge in [0, 0.05) is 18.7 Å². The number of carbonyl (C=O) groups is 1. The van der Waals surface area contributed by atoms with Crippen molar-refractivity contribution in [3.8, 4) is 11.5 Å². The summed E-state index contributed by atoms with van der Waals surface area (Å²) in [6.07, 6.45) is 2.51. The van der Waals surface area contributed by atoms with E-state index in [0.29, 0.717) is 12.3 Å². The van der Waals surface area contributed by atoms with Gasteiger partial charge in [-0.25, -0.2) is 0 Å². The highest BCUT2D eigenvalue weighted by Crippen LogP contribution is 2.25. The first-order valence-corrected chi connectivity index (χ1v) is 8.37. The molecule has 1 fully saturated rings. The van der Waals surface area contributed by atoms with Gasteiger partial charge in [-0.1, -0.05) is 6.92 Å². The number of hydrogen-bond acceptors (Lipinski definition) is 4. The second-order valence-electron chi connectivity index (χ2n) is 5.99. The van der Waals surface area contributed by atoms with E-state index in [1.165, 1.54) is 0 Å². The van der Waals surface area contributed by atoms with E-state index in [-0.39, 0.29) is 18.3 Å². The number of nitrogens with zero attached hydrogens (tertiary/aromatic N) is 1. The molecule has 24 heavy (non-hydrogen) atoms. The van der Waals surface area contributed by atoms with E-state index in [2.05, 4.69) is 12.2 Å². The lowest BCUT2D eigenvalue weighted by molar-refractivity contribution is -0.131. The Labute approximate surface area is 151 Å². The molecule has 136 valence electrons. The van der Waals surface area contributed by atoms with E-state index in [4.69, 9.17) is 9.47 Å². The Bertz CT molecular complexity index is 517. The molecule has 0 aliphatic carbocycles. The molecule has 1 saturated heterocycles. The summed E-state index contributed by atoms with van der Waals surface area (Å²) in [7, 11) is 3.25. The van der Waals surface area contributed by atoms with Crippen molar-refractivity contribution < 1.29 is 14.3 Å². The molecular formula is C18H29ClN2O3. The van der Waals surface area contributed by atoms with Crippen LogP contribution in [-0.2, 0) is 11.2 Å². The van der Waals surface area contributed by atoms with Crippen LogP contribution < -0.4 is 14.8 Å². The summed E-state index contributed by atoms with van der Waals surface area (Å²) in [5.74, 6) is 2.34. The lowest BCUT2D eigenvalue weighted by atomic mass is 9.96. The first kappa shape index (κ1) is 20.6. The van der Waals surface area contributed by atoms with E-state index >= 15 is 0 Å². The standard InChI is InChI=1S/C18H28N2O3.ClH/c1-4-19-13-14-7-9-20(10-8-14)18(21)12-15-11-16(22-2)5-6-17(15)23-3;/h5-6,11,14,19H,4,7-10,12-13H2,1-3H3;1H. The predicted molar refractivity (Wildman–Crippen MR) is 98.3 cm³/mol. The highest BCUT2D eigenvalue weighted by atomic mass is 35.5. The van der Waals surface area contributed by atoms with Gasteiger partial charge in [0.2, 0.25) is 5.91 Å². The molecule has 2 rings (SSSR count). The van der Waals surface area contributed by atoms with Crippen molar-refractivity contribution in [2.75, 3.05) is 40.4 Å². The molecule has 0 radical (unpaired) electrons. The maximum atomic E-state index is 12.6. The van der Waals surface area contributed by atoms with Crippen molar-refractivity contribution in [3.05, 3.63) is 23.8 Å². The molecule has 1 aliphatic heterocycles. The zero-order valence-corrected chi connectivity index (χ0v) is 15.7. The molecule has 0 spiro atoms. The van der Waals surface area contributed by atoms with Gasteiger partial charge >= 0.3 is 0 Å². The van der Waals surface area contributed by atoms with Gasteiger partial charge < -0.3 is 19.7 Å². The van der Waals surface area contributed by atoms with Crippen LogP contribution in [0.2, 0.25) is 0 Å². The third-order valence-corrected chi connectivity index (χ3v) is 4.48. The number of amides is 1. The Hall–Kier alpha value is -1.46. The molecule has 1 aromatic carbocycles. The van der Waals surface area contributed by atoms with Crippen LogP contribution in [0, 0.1) is 5.92 Å².